The molecule has 2 rings (SSSR count). The Kier molecular flexibility index (Phi) is 4.44. The first kappa shape index (κ1) is 13.2. The molecule has 0 bridgehead atoms. The van der Waals surface area contributed by atoms with Gasteiger partial charge >= 0.3 is 5.97 Å². The number of rotatable bonds is 4. The van der Waals surface area contributed by atoms with Gasteiger partial charge in [0.15, 0.2) is 0 Å². The molecule has 1 unspecified atom stereocenters. The van der Waals surface area contributed by atoms with Crippen LogP contribution in [0.2, 0.25) is 0 Å². The highest BCUT2D eigenvalue weighted by molar-refractivity contribution is 6.29. The fourth-order valence-electron chi connectivity index (χ4n) is 1.96. The van der Waals surface area contributed by atoms with Crippen molar-refractivity contribution >= 4 is 23.3 Å². The van der Waals surface area contributed by atoms with E-state index >= 15 is 0 Å². The van der Waals surface area contributed by atoms with Crippen LogP contribution < -0.4 is 4.90 Å². The Bertz CT molecular complexity index is 401. The van der Waals surface area contributed by atoms with Crippen molar-refractivity contribution in [1.82, 2.24) is 0 Å². The highest BCUT2D eigenvalue weighted by Crippen LogP contribution is 2.18. The molecule has 4 nitrogen and oxygen atoms in total. The summed E-state index contributed by atoms with van der Waals surface area (Å²) in [5, 5.41) is 7.89. The standard InChI is InChI=1S/C13H16ClNO3/c14-12(13(16)17)9-10-1-3-11(4-2-10)15-5-7-18-8-6-15/h1-4,12H,5-9H2,(H,16,17). The van der Waals surface area contributed by atoms with Crippen LogP contribution >= 0.6 is 11.6 Å². The topological polar surface area (TPSA) is 49.8 Å². The number of carboxylic acid groups (broad SMARTS) is 1. The first-order valence-electron chi connectivity index (χ1n) is 5.95. The van der Waals surface area contributed by atoms with Gasteiger partial charge in [0, 0.05) is 18.8 Å². The first-order valence-corrected chi connectivity index (χ1v) is 6.39. The predicted octanol–water partition coefficient (Wildman–Crippen LogP) is 1.76. The lowest BCUT2D eigenvalue weighted by Gasteiger charge is -2.28. The molecule has 0 aromatic heterocycles. The fraction of sp³-hybridized carbons (Fsp3) is 0.462. The number of hydrogen-bond acceptors (Lipinski definition) is 3. The van der Waals surface area contributed by atoms with Crippen molar-refractivity contribution in [3.05, 3.63) is 29.8 Å². The van der Waals surface area contributed by atoms with Gasteiger partial charge in [0.05, 0.1) is 13.2 Å². The smallest absolute Gasteiger partial charge is 0.321 e. The van der Waals surface area contributed by atoms with E-state index in [9.17, 15) is 4.79 Å². The normalized spacial score (nSPS) is 17.5. The van der Waals surface area contributed by atoms with E-state index in [4.69, 9.17) is 21.4 Å². The van der Waals surface area contributed by atoms with Crippen LogP contribution in [0.3, 0.4) is 0 Å². The third kappa shape index (κ3) is 3.37. The zero-order chi connectivity index (χ0) is 13.0. The minimum atomic E-state index is -0.978. The van der Waals surface area contributed by atoms with Gasteiger partial charge < -0.3 is 14.7 Å². The first-order chi connectivity index (χ1) is 8.66. The lowest BCUT2D eigenvalue weighted by molar-refractivity contribution is -0.136. The van der Waals surface area contributed by atoms with Crippen LogP contribution in [0.5, 0.6) is 0 Å². The molecular formula is C13H16ClNO3. The third-order valence-corrected chi connectivity index (χ3v) is 3.34. The summed E-state index contributed by atoms with van der Waals surface area (Å²) in [4.78, 5) is 12.9. The molecule has 1 atom stereocenters. The molecule has 0 radical (unpaired) electrons. The molecule has 1 heterocycles. The number of ether oxygens (including phenoxy) is 1. The number of hydrogen-bond donors (Lipinski definition) is 1. The number of alkyl halides is 1. The number of aliphatic carboxylic acids is 1. The van der Waals surface area contributed by atoms with Gasteiger partial charge in [-0.2, -0.15) is 0 Å². The van der Waals surface area contributed by atoms with Crippen molar-refractivity contribution in [2.45, 2.75) is 11.8 Å². The summed E-state index contributed by atoms with van der Waals surface area (Å²) < 4.78 is 5.30. The second kappa shape index (κ2) is 6.07. The third-order valence-electron chi connectivity index (χ3n) is 3.00. The minimum absolute atomic E-state index is 0.347. The number of anilines is 1. The average molecular weight is 270 g/mol. The highest BCUT2D eigenvalue weighted by atomic mass is 35.5. The van der Waals surface area contributed by atoms with Crippen molar-refractivity contribution in [1.29, 1.82) is 0 Å². The summed E-state index contributed by atoms with van der Waals surface area (Å²) >= 11 is 5.71. The summed E-state index contributed by atoms with van der Waals surface area (Å²) in [6.45, 7) is 3.30. The SMILES string of the molecule is O=C(O)C(Cl)Cc1ccc(N2CCOCC2)cc1. The van der Waals surface area contributed by atoms with E-state index in [0.29, 0.717) is 6.42 Å². The molecule has 18 heavy (non-hydrogen) atoms. The van der Waals surface area contributed by atoms with Crippen molar-refractivity contribution in [2.75, 3.05) is 31.2 Å². The Morgan fingerprint density at radius 2 is 1.94 bits per heavy atom. The molecule has 0 amide bonds. The quantitative estimate of drug-likeness (QED) is 0.847. The predicted molar refractivity (Wildman–Crippen MR) is 70.5 cm³/mol. The van der Waals surface area contributed by atoms with Crippen molar-refractivity contribution in [2.24, 2.45) is 0 Å². The Morgan fingerprint density at radius 3 is 2.50 bits per heavy atom. The number of nitrogens with zero attached hydrogens (tertiary/aromatic N) is 1. The van der Waals surface area contributed by atoms with E-state index in [-0.39, 0.29) is 0 Å². The molecule has 0 spiro atoms. The summed E-state index contributed by atoms with van der Waals surface area (Å²) in [5.74, 6) is -0.978. The molecule has 98 valence electrons. The molecule has 1 aromatic carbocycles. The van der Waals surface area contributed by atoms with Crippen LogP contribution in [0.15, 0.2) is 24.3 Å². The maximum atomic E-state index is 10.7. The van der Waals surface area contributed by atoms with E-state index in [0.717, 1.165) is 37.6 Å². The van der Waals surface area contributed by atoms with Gasteiger partial charge in [0.25, 0.3) is 0 Å². The molecule has 1 aliphatic heterocycles. The maximum Gasteiger partial charge on any atom is 0.321 e. The van der Waals surface area contributed by atoms with Crippen LogP contribution in [-0.4, -0.2) is 42.8 Å². The minimum Gasteiger partial charge on any atom is -0.480 e. The van der Waals surface area contributed by atoms with Crippen LogP contribution in [0.1, 0.15) is 5.56 Å². The second-order valence-electron chi connectivity index (χ2n) is 4.28. The molecule has 0 aliphatic carbocycles. The van der Waals surface area contributed by atoms with Gasteiger partial charge in [0.1, 0.15) is 5.38 Å². The fourth-order valence-corrected chi connectivity index (χ4v) is 2.14. The molecule has 0 saturated carbocycles. The van der Waals surface area contributed by atoms with Crippen LogP contribution in [0, 0.1) is 0 Å². The zero-order valence-corrected chi connectivity index (χ0v) is 10.8. The molecule has 1 N–H and O–H groups in total. The van der Waals surface area contributed by atoms with Gasteiger partial charge in [-0.3, -0.25) is 4.79 Å². The number of carbonyl (C=O) groups is 1. The molecule has 1 fully saturated rings. The number of benzene rings is 1. The molecular weight excluding hydrogens is 254 g/mol. The van der Waals surface area contributed by atoms with E-state index in [1.54, 1.807) is 0 Å². The lowest BCUT2D eigenvalue weighted by Crippen LogP contribution is -2.36. The second-order valence-corrected chi connectivity index (χ2v) is 4.80. The average Bonchev–Trinajstić information content (AvgIpc) is 2.40. The summed E-state index contributed by atoms with van der Waals surface area (Å²) in [7, 11) is 0. The summed E-state index contributed by atoms with van der Waals surface area (Å²) in [6.07, 6.45) is 0.347. The number of morpholine rings is 1. The lowest BCUT2D eigenvalue weighted by atomic mass is 10.1. The molecule has 1 saturated heterocycles. The Labute approximate surface area is 111 Å². The van der Waals surface area contributed by atoms with Gasteiger partial charge in [-0.25, -0.2) is 0 Å². The van der Waals surface area contributed by atoms with E-state index in [1.165, 1.54) is 0 Å². The van der Waals surface area contributed by atoms with E-state index in [2.05, 4.69) is 4.90 Å². The molecule has 5 heteroatoms. The van der Waals surface area contributed by atoms with Crippen molar-refractivity contribution in [3.8, 4) is 0 Å². The van der Waals surface area contributed by atoms with Gasteiger partial charge in [-0.05, 0) is 24.1 Å². The van der Waals surface area contributed by atoms with Gasteiger partial charge in [-0.15, -0.1) is 11.6 Å². The van der Waals surface area contributed by atoms with E-state index < -0.39 is 11.3 Å². The van der Waals surface area contributed by atoms with E-state index in [1.807, 2.05) is 24.3 Å². The van der Waals surface area contributed by atoms with Crippen LogP contribution in [0.4, 0.5) is 5.69 Å². The number of halogens is 1. The monoisotopic (exact) mass is 269 g/mol. The number of carboxylic acids is 1. The van der Waals surface area contributed by atoms with Crippen LogP contribution in [0.25, 0.3) is 0 Å². The van der Waals surface area contributed by atoms with Gasteiger partial charge in [-0.1, -0.05) is 12.1 Å². The molecule has 1 aromatic rings. The Morgan fingerprint density at radius 1 is 1.33 bits per heavy atom. The molecule has 1 aliphatic rings. The highest BCUT2D eigenvalue weighted by Gasteiger charge is 2.15. The Balaban J connectivity index is 1.98. The van der Waals surface area contributed by atoms with Crippen LogP contribution in [-0.2, 0) is 16.0 Å². The zero-order valence-electron chi connectivity index (χ0n) is 10.0. The van der Waals surface area contributed by atoms with Gasteiger partial charge in [0.2, 0.25) is 0 Å². The largest absolute Gasteiger partial charge is 0.480 e. The summed E-state index contributed by atoms with van der Waals surface area (Å²) in [5.41, 5.74) is 2.08. The Hall–Kier alpha value is -1.26. The maximum absolute atomic E-state index is 10.7. The summed E-state index contributed by atoms with van der Waals surface area (Å²) in [6, 6.07) is 7.88. The van der Waals surface area contributed by atoms with Crippen molar-refractivity contribution < 1.29 is 14.6 Å². The van der Waals surface area contributed by atoms with Crippen molar-refractivity contribution in [3.63, 3.8) is 0 Å².